The number of hydrogen-bond acceptors (Lipinski definition) is 2. The Kier molecular flexibility index (Phi) is 6.23. The van der Waals surface area contributed by atoms with Gasteiger partial charge in [-0.25, -0.2) is 0 Å². The number of halogens is 4. The number of amides is 1. The average molecular weight is 358 g/mol. The Labute approximate surface area is 142 Å². The number of hydrogen-bond donors (Lipinski definition) is 1. The van der Waals surface area contributed by atoms with Crippen LogP contribution < -0.4 is 5.32 Å². The molecule has 1 amide bonds. The minimum absolute atomic E-state index is 0.116. The first-order valence-corrected chi connectivity index (χ1v) is 7.47. The second-order valence-corrected chi connectivity index (χ2v) is 5.55. The number of ether oxygens (including phenoxy) is 1. The monoisotopic (exact) mass is 357 g/mol. The zero-order valence-corrected chi connectivity index (χ0v) is 13.3. The maximum Gasteiger partial charge on any atom is 0.411 e. The first-order valence-electron chi connectivity index (χ1n) is 7.09. The molecule has 2 rings (SSSR count). The Balaban J connectivity index is 1.82. The molecule has 0 aliphatic rings. The first-order chi connectivity index (χ1) is 11.3. The van der Waals surface area contributed by atoms with Crippen molar-refractivity contribution in [2.45, 2.75) is 19.3 Å². The van der Waals surface area contributed by atoms with Crippen LogP contribution in [0.1, 0.15) is 21.5 Å². The summed E-state index contributed by atoms with van der Waals surface area (Å²) in [6.45, 7) is -1.09. The molecule has 0 aromatic heterocycles. The minimum atomic E-state index is -4.33. The molecule has 0 saturated heterocycles. The molecule has 0 bridgehead atoms. The molecule has 2 aromatic carbocycles. The predicted octanol–water partition coefficient (Wildman–Crippen LogP) is 4.35. The Morgan fingerprint density at radius 2 is 1.75 bits per heavy atom. The maximum atomic E-state index is 12.0. The van der Waals surface area contributed by atoms with Crippen LogP contribution in [0.5, 0.6) is 0 Å². The summed E-state index contributed by atoms with van der Waals surface area (Å²) in [5.41, 5.74) is 1.91. The molecule has 0 spiro atoms. The lowest BCUT2D eigenvalue weighted by Gasteiger charge is -2.09. The fraction of sp³-hybridized carbons (Fsp3) is 0.235. The molecule has 0 aliphatic carbocycles. The fourth-order valence-corrected chi connectivity index (χ4v) is 2.14. The minimum Gasteiger partial charge on any atom is -0.367 e. The van der Waals surface area contributed by atoms with Crippen molar-refractivity contribution in [1.82, 2.24) is 5.32 Å². The van der Waals surface area contributed by atoms with Gasteiger partial charge in [-0.3, -0.25) is 4.79 Å². The van der Waals surface area contributed by atoms with Crippen LogP contribution in [-0.2, 0) is 17.9 Å². The second-order valence-electron chi connectivity index (χ2n) is 5.12. The van der Waals surface area contributed by atoms with E-state index in [1.54, 1.807) is 48.5 Å². The van der Waals surface area contributed by atoms with Crippen molar-refractivity contribution in [3.63, 3.8) is 0 Å². The first kappa shape index (κ1) is 18.3. The summed E-state index contributed by atoms with van der Waals surface area (Å²) in [5, 5.41) is 3.23. The SMILES string of the molecule is O=C(NCc1ccc(COCC(F)(F)F)cc1)c1cccc(Cl)c1. The van der Waals surface area contributed by atoms with Gasteiger partial charge in [0.15, 0.2) is 0 Å². The van der Waals surface area contributed by atoms with Crippen LogP contribution in [-0.4, -0.2) is 18.7 Å². The molecule has 2 aromatic rings. The van der Waals surface area contributed by atoms with E-state index in [2.05, 4.69) is 10.1 Å². The summed E-state index contributed by atoms with van der Waals surface area (Å²) in [6, 6.07) is 13.4. The lowest BCUT2D eigenvalue weighted by molar-refractivity contribution is -0.176. The summed E-state index contributed by atoms with van der Waals surface area (Å²) in [6.07, 6.45) is -4.33. The molecule has 0 atom stereocenters. The van der Waals surface area contributed by atoms with Crippen molar-refractivity contribution in [2.24, 2.45) is 0 Å². The summed E-state index contributed by atoms with van der Waals surface area (Å²) >= 11 is 5.83. The standard InChI is InChI=1S/C17H15ClF3NO2/c18-15-3-1-2-14(8-15)16(23)22-9-12-4-6-13(7-5-12)10-24-11-17(19,20)21/h1-8H,9-11H2,(H,22,23). The van der Waals surface area contributed by atoms with Crippen LogP contribution in [0.25, 0.3) is 0 Å². The number of rotatable bonds is 6. The topological polar surface area (TPSA) is 38.3 Å². The molecular formula is C17H15ClF3NO2. The van der Waals surface area contributed by atoms with Gasteiger partial charge < -0.3 is 10.1 Å². The molecule has 0 saturated carbocycles. The molecular weight excluding hydrogens is 343 g/mol. The van der Waals surface area contributed by atoms with E-state index < -0.39 is 12.8 Å². The number of carbonyl (C=O) groups excluding carboxylic acids is 1. The molecule has 0 unspecified atom stereocenters. The Morgan fingerprint density at radius 3 is 2.38 bits per heavy atom. The highest BCUT2D eigenvalue weighted by molar-refractivity contribution is 6.30. The number of alkyl halides is 3. The van der Waals surface area contributed by atoms with Crippen molar-refractivity contribution >= 4 is 17.5 Å². The molecule has 7 heteroatoms. The van der Waals surface area contributed by atoms with Gasteiger partial charge in [-0.1, -0.05) is 41.9 Å². The van der Waals surface area contributed by atoms with Gasteiger partial charge in [0, 0.05) is 17.1 Å². The number of benzene rings is 2. The van der Waals surface area contributed by atoms with Crippen LogP contribution >= 0.6 is 11.6 Å². The zero-order valence-electron chi connectivity index (χ0n) is 12.6. The van der Waals surface area contributed by atoms with Crippen molar-refractivity contribution in [1.29, 1.82) is 0 Å². The van der Waals surface area contributed by atoms with Gasteiger partial charge in [-0.2, -0.15) is 13.2 Å². The molecule has 0 radical (unpaired) electrons. The molecule has 1 N–H and O–H groups in total. The van der Waals surface area contributed by atoms with Gasteiger partial charge in [-0.15, -0.1) is 0 Å². The summed E-state index contributed by atoms with van der Waals surface area (Å²) in [4.78, 5) is 12.0. The van der Waals surface area contributed by atoms with E-state index in [-0.39, 0.29) is 12.5 Å². The molecule has 24 heavy (non-hydrogen) atoms. The van der Waals surface area contributed by atoms with Gasteiger partial charge in [-0.05, 0) is 29.3 Å². The van der Waals surface area contributed by atoms with Crippen molar-refractivity contribution in [2.75, 3.05) is 6.61 Å². The Bertz CT molecular complexity index is 687. The average Bonchev–Trinajstić information content (AvgIpc) is 2.52. The molecule has 0 heterocycles. The van der Waals surface area contributed by atoms with E-state index in [9.17, 15) is 18.0 Å². The molecule has 3 nitrogen and oxygen atoms in total. The predicted molar refractivity (Wildman–Crippen MR) is 84.8 cm³/mol. The van der Waals surface area contributed by atoms with Gasteiger partial charge >= 0.3 is 6.18 Å². The third-order valence-electron chi connectivity index (χ3n) is 3.10. The second kappa shape index (κ2) is 8.17. The highest BCUT2D eigenvalue weighted by Gasteiger charge is 2.27. The lowest BCUT2D eigenvalue weighted by atomic mass is 10.1. The smallest absolute Gasteiger partial charge is 0.367 e. The van der Waals surface area contributed by atoms with E-state index in [1.807, 2.05) is 0 Å². The zero-order chi connectivity index (χ0) is 17.6. The molecule has 0 fully saturated rings. The van der Waals surface area contributed by atoms with Crippen molar-refractivity contribution in [3.8, 4) is 0 Å². The third kappa shape index (κ3) is 6.22. The van der Waals surface area contributed by atoms with Crippen molar-refractivity contribution < 1.29 is 22.7 Å². The van der Waals surface area contributed by atoms with Crippen LogP contribution in [0.2, 0.25) is 5.02 Å². The quantitative estimate of drug-likeness (QED) is 0.834. The highest BCUT2D eigenvalue weighted by atomic mass is 35.5. The molecule has 0 aliphatic heterocycles. The maximum absolute atomic E-state index is 12.0. The fourth-order valence-electron chi connectivity index (χ4n) is 1.95. The number of nitrogens with one attached hydrogen (secondary N) is 1. The third-order valence-corrected chi connectivity index (χ3v) is 3.33. The van der Waals surface area contributed by atoms with Gasteiger partial charge in [0.1, 0.15) is 6.61 Å². The van der Waals surface area contributed by atoms with Gasteiger partial charge in [0.2, 0.25) is 0 Å². The van der Waals surface area contributed by atoms with Gasteiger partial charge in [0.25, 0.3) is 5.91 Å². The van der Waals surface area contributed by atoms with Crippen LogP contribution in [0, 0.1) is 0 Å². The van der Waals surface area contributed by atoms with Crippen LogP contribution in [0.3, 0.4) is 0 Å². The van der Waals surface area contributed by atoms with E-state index >= 15 is 0 Å². The molecule has 128 valence electrons. The van der Waals surface area contributed by atoms with Crippen LogP contribution in [0.4, 0.5) is 13.2 Å². The van der Waals surface area contributed by atoms with E-state index in [1.165, 1.54) is 0 Å². The van der Waals surface area contributed by atoms with Crippen molar-refractivity contribution in [3.05, 3.63) is 70.2 Å². The largest absolute Gasteiger partial charge is 0.411 e. The van der Waals surface area contributed by atoms with E-state index in [4.69, 9.17) is 11.6 Å². The summed E-state index contributed by atoms with van der Waals surface area (Å²) < 4.78 is 40.6. The van der Waals surface area contributed by atoms with Crippen LogP contribution in [0.15, 0.2) is 48.5 Å². The Hall–Kier alpha value is -2.05. The van der Waals surface area contributed by atoms with E-state index in [0.717, 1.165) is 5.56 Å². The lowest BCUT2D eigenvalue weighted by Crippen LogP contribution is -2.22. The number of carbonyl (C=O) groups is 1. The highest BCUT2D eigenvalue weighted by Crippen LogP contribution is 2.16. The Morgan fingerprint density at radius 1 is 1.08 bits per heavy atom. The summed E-state index contributed by atoms with van der Waals surface area (Å²) in [7, 11) is 0. The van der Waals surface area contributed by atoms with Gasteiger partial charge in [0.05, 0.1) is 6.61 Å². The van der Waals surface area contributed by atoms with E-state index in [0.29, 0.717) is 22.7 Å². The summed E-state index contributed by atoms with van der Waals surface area (Å²) in [5.74, 6) is -0.255. The normalized spacial score (nSPS) is 11.3.